The Balaban J connectivity index is 2.19. The zero-order valence-electron chi connectivity index (χ0n) is 9.91. The van der Waals surface area contributed by atoms with Crippen LogP contribution in [0.25, 0.3) is 0 Å². The van der Waals surface area contributed by atoms with Crippen LogP contribution in [0.2, 0.25) is 5.02 Å². The maximum absolute atomic E-state index is 6.08. The lowest BCUT2D eigenvalue weighted by Gasteiger charge is -2.13. The lowest BCUT2D eigenvalue weighted by Crippen LogP contribution is -2.01. The number of hydrogen-bond donors (Lipinski definition) is 1. The Labute approximate surface area is 120 Å². The van der Waals surface area contributed by atoms with E-state index < -0.39 is 0 Å². The van der Waals surface area contributed by atoms with E-state index in [9.17, 15) is 0 Å². The molecule has 0 aromatic heterocycles. The number of anilines is 1. The van der Waals surface area contributed by atoms with Crippen molar-refractivity contribution in [1.82, 2.24) is 0 Å². The van der Waals surface area contributed by atoms with E-state index in [-0.39, 0.29) is 0 Å². The number of ether oxygens (including phenoxy) is 1. The summed E-state index contributed by atoms with van der Waals surface area (Å²) >= 11 is 9.47. The highest BCUT2D eigenvalue weighted by Gasteiger charge is 2.07. The minimum absolute atomic E-state index is 0.409. The van der Waals surface area contributed by atoms with Gasteiger partial charge in [0.1, 0.15) is 12.4 Å². The number of nitrogens with two attached hydrogens (primary N) is 1. The summed E-state index contributed by atoms with van der Waals surface area (Å²) in [6.07, 6.45) is 0. The molecule has 0 saturated carbocycles. The molecule has 0 unspecified atom stereocenters. The molecule has 4 heteroatoms. The quantitative estimate of drug-likeness (QED) is 0.838. The van der Waals surface area contributed by atoms with E-state index in [0.29, 0.717) is 23.1 Å². The molecule has 0 aliphatic rings. The monoisotopic (exact) mass is 325 g/mol. The predicted octanol–water partition coefficient (Wildman–Crippen LogP) is 4.57. The highest BCUT2D eigenvalue weighted by Crippen LogP contribution is 2.31. The standard InChI is InChI=1S/C14H13BrClNO/c1-9-6-11(15)7-13(17)14(9)18-8-10-4-2-3-5-12(10)16/h2-7H,8,17H2,1H3. The van der Waals surface area contributed by atoms with Gasteiger partial charge in [-0.1, -0.05) is 45.7 Å². The van der Waals surface area contributed by atoms with Gasteiger partial charge in [0.15, 0.2) is 0 Å². The Morgan fingerprint density at radius 3 is 2.67 bits per heavy atom. The summed E-state index contributed by atoms with van der Waals surface area (Å²) in [6, 6.07) is 11.4. The zero-order chi connectivity index (χ0) is 13.1. The lowest BCUT2D eigenvalue weighted by atomic mass is 10.2. The van der Waals surface area contributed by atoms with E-state index in [4.69, 9.17) is 22.1 Å². The van der Waals surface area contributed by atoms with Crippen LogP contribution in [0.1, 0.15) is 11.1 Å². The van der Waals surface area contributed by atoms with Gasteiger partial charge in [0.2, 0.25) is 0 Å². The molecule has 0 aliphatic carbocycles. The van der Waals surface area contributed by atoms with Crippen LogP contribution in [0.5, 0.6) is 5.75 Å². The Bertz CT molecular complexity index is 548. The largest absolute Gasteiger partial charge is 0.486 e. The number of aryl methyl sites for hydroxylation is 1. The average Bonchev–Trinajstić information content (AvgIpc) is 2.30. The van der Waals surface area contributed by atoms with Crippen molar-refractivity contribution in [3.05, 3.63) is 57.0 Å². The molecular weight excluding hydrogens is 314 g/mol. The maximum atomic E-state index is 6.08. The van der Waals surface area contributed by atoms with E-state index in [2.05, 4.69) is 15.9 Å². The average molecular weight is 327 g/mol. The fourth-order valence-corrected chi connectivity index (χ4v) is 2.50. The van der Waals surface area contributed by atoms with Gasteiger partial charge in [-0.05, 0) is 30.7 Å². The summed E-state index contributed by atoms with van der Waals surface area (Å²) in [5.74, 6) is 0.707. The van der Waals surface area contributed by atoms with Crippen LogP contribution >= 0.6 is 27.5 Å². The molecule has 0 fully saturated rings. The van der Waals surface area contributed by atoms with Gasteiger partial charge < -0.3 is 10.5 Å². The van der Waals surface area contributed by atoms with E-state index in [1.165, 1.54) is 0 Å². The molecule has 2 aromatic carbocycles. The molecule has 18 heavy (non-hydrogen) atoms. The van der Waals surface area contributed by atoms with E-state index in [1.807, 2.05) is 43.3 Å². The molecule has 0 radical (unpaired) electrons. The summed E-state index contributed by atoms with van der Waals surface area (Å²) in [5.41, 5.74) is 8.50. The second-order valence-electron chi connectivity index (χ2n) is 4.02. The van der Waals surface area contributed by atoms with Gasteiger partial charge in [0.25, 0.3) is 0 Å². The SMILES string of the molecule is Cc1cc(Br)cc(N)c1OCc1ccccc1Cl. The van der Waals surface area contributed by atoms with Crippen LogP contribution in [0, 0.1) is 6.92 Å². The van der Waals surface area contributed by atoms with Gasteiger partial charge in [-0.25, -0.2) is 0 Å². The first-order valence-electron chi connectivity index (χ1n) is 5.50. The van der Waals surface area contributed by atoms with Crippen molar-refractivity contribution >= 4 is 33.2 Å². The lowest BCUT2D eigenvalue weighted by molar-refractivity contribution is 0.306. The van der Waals surface area contributed by atoms with Crippen molar-refractivity contribution in [3.8, 4) is 5.75 Å². The van der Waals surface area contributed by atoms with Gasteiger partial charge in [0, 0.05) is 15.1 Å². The highest BCUT2D eigenvalue weighted by atomic mass is 79.9. The third-order valence-electron chi connectivity index (χ3n) is 2.60. The smallest absolute Gasteiger partial charge is 0.145 e. The van der Waals surface area contributed by atoms with E-state index >= 15 is 0 Å². The molecular formula is C14H13BrClNO. The first-order chi connectivity index (χ1) is 8.58. The van der Waals surface area contributed by atoms with Crippen molar-refractivity contribution in [2.45, 2.75) is 13.5 Å². The van der Waals surface area contributed by atoms with Crippen LogP contribution in [0.3, 0.4) is 0 Å². The number of benzene rings is 2. The zero-order valence-corrected chi connectivity index (χ0v) is 12.3. The van der Waals surface area contributed by atoms with Crippen molar-refractivity contribution in [2.75, 3.05) is 5.73 Å². The van der Waals surface area contributed by atoms with Crippen LogP contribution in [0.15, 0.2) is 40.9 Å². The number of hydrogen-bond acceptors (Lipinski definition) is 2. The van der Waals surface area contributed by atoms with Crippen molar-refractivity contribution in [2.24, 2.45) is 0 Å². The fraction of sp³-hybridized carbons (Fsp3) is 0.143. The van der Waals surface area contributed by atoms with E-state index in [1.54, 1.807) is 0 Å². The normalized spacial score (nSPS) is 10.4. The van der Waals surface area contributed by atoms with Crippen LogP contribution < -0.4 is 10.5 Å². The second-order valence-corrected chi connectivity index (χ2v) is 5.34. The minimum atomic E-state index is 0.409. The van der Waals surface area contributed by atoms with E-state index in [0.717, 1.165) is 15.6 Å². The molecule has 0 spiro atoms. The topological polar surface area (TPSA) is 35.2 Å². The Kier molecular flexibility index (Phi) is 4.15. The van der Waals surface area contributed by atoms with Crippen molar-refractivity contribution in [3.63, 3.8) is 0 Å². The molecule has 0 amide bonds. The summed E-state index contributed by atoms with van der Waals surface area (Å²) in [7, 11) is 0. The fourth-order valence-electron chi connectivity index (χ4n) is 1.72. The number of rotatable bonds is 3. The summed E-state index contributed by atoms with van der Waals surface area (Å²) in [6.45, 7) is 2.37. The molecule has 2 aromatic rings. The molecule has 0 atom stereocenters. The Hall–Kier alpha value is -1.19. The maximum Gasteiger partial charge on any atom is 0.145 e. The van der Waals surface area contributed by atoms with Crippen molar-refractivity contribution in [1.29, 1.82) is 0 Å². The highest BCUT2D eigenvalue weighted by molar-refractivity contribution is 9.10. The Morgan fingerprint density at radius 1 is 1.28 bits per heavy atom. The molecule has 2 nitrogen and oxygen atoms in total. The number of halogens is 2. The molecule has 0 heterocycles. The molecule has 94 valence electrons. The molecule has 2 rings (SSSR count). The molecule has 0 saturated heterocycles. The van der Waals surface area contributed by atoms with Gasteiger partial charge >= 0.3 is 0 Å². The molecule has 0 bridgehead atoms. The third-order valence-corrected chi connectivity index (χ3v) is 3.42. The van der Waals surface area contributed by atoms with Gasteiger partial charge in [0.05, 0.1) is 5.69 Å². The minimum Gasteiger partial charge on any atom is -0.486 e. The summed E-state index contributed by atoms with van der Waals surface area (Å²) < 4.78 is 6.71. The predicted molar refractivity (Wildman–Crippen MR) is 79.1 cm³/mol. The third kappa shape index (κ3) is 2.98. The number of nitrogen functional groups attached to an aromatic ring is 1. The van der Waals surface area contributed by atoms with Crippen LogP contribution in [-0.4, -0.2) is 0 Å². The first-order valence-corrected chi connectivity index (χ1v) is 6.67. The summed E-state index contributed by atoms with van der Waals surface area (Å²) in [4.78, 5) is 0. The van der Waals surface area contributed by atoms with Crippen molar-refractivity contribution < 1.29 is 4.74 Å². The van der Waals surface area contributed by atoms with Gasteiger partial charge in [-0.3, -0.25) is 0 Å². The van der Waals surface area contributed by atoms with Crippen LogP contribution in [0.4, 0.5) is 5.69 Å². The van der Waals surface area contributed by atoms with Crippen LogP contribution in [-0.2, 0) is 6.61 Å². The molecule has 2 N–H and O–H groups in total. The Morgan fingerprint density at radius 2 is 2.00 bits per heavy atom. The first kappa shape index (κ1) is 13.2. The van der Waals surface area contributed by atoms with Gasteiger partial charge in [-0.2, -0.15) is 0 Å². The van der Waals surface area contributed by atoms with Gasteiger partial charge in [-0.15, -0.1) is 0 Å². The molecule has 0 aliphatic heterocycles. The second kappa shape index (κ2) is 5.63. The summed E-state index contributed by atoms with van der Waals surface area (Å²) in [5, 5.41) is 0.700.